The van der Waals surface area contributed by atoms with Crippen LogP contribution >= 0.6 is 0 Å². The van der Waals surface area contributed by atoms with Crippen molar-refractivity contribution in [1.82, 2.24) is 0 Å². The lowest BCUT2D eigenvalue weighted by Gasteiger charge is -2.39. The van der Waals surface area contributed by atoms with E-state index >= 15 is 0 Å². The fourth-order valence-corrected chi connectivity index (χ4v) is 4.15. The minimum absolute atomic E-state index is 0.0419. The van der Waals surface area contributed by atoms with Gasteiger partial charge in [-0.05, 0) is 43.0 Å². The molecule has 212 valence electrons. The molecule has 2 aromatic rings. The Morgan fingerprint density at radius 3 is 2.31 bits per heavy atom. The molecular weight excluding hydrogens is 511 g/mol. The summed E-state index contributed by atoms with van der Waals surface area (Å²) in [6.45, 7) is 4.22. The lowest BCUT2D eigenvalue weighted by molar-refractivity contribution is -0.279. The van der Waals surface area contributed by atoms with Crippen molar-refractivity contribution in [3.8, 4) is 5.75 Å². The van der Waals surface area contributed by atoms with Gasteiger partial charge in [0.2, 0.25) is 0 Å². The summed E-state index contributed by atoms with van der Waals surface area (Å²) >= 11 is 0. The Hall–Kier alpha value is -3.50. The van der Waals surface area contributed by atoms with Crippen LogP contribution in [-0.2, 0) is 51.1 Å². The number of halogens is 1. The molecule has 0 aliphatic carbocycles. The third-order valence-corrected chi connectivity index (χ3v) is 5.97. The summed E-state index contributed by atoms with van der Waals surface area (Å²) in [6.07, 6.45) is -0.851. The number of carbonyl (C=O) groups excluding carboxylic acids is 3. The van der Waals surface area contributed by atoms with Gasteiger partial charge in [0.15, 0.2) is 12.4 Å². The van der Waals surface area contributed by atoms with Gasteiger partial charge >= 0.3 is 17.9 Å². The summed E-state index contributed by atoms with van der Waals surface area (Å²) in [4.78, 5) is 34.6. The zero-order valence-electron chi connectivity index (χ0n) is 22.4. The maximum Gasteiger partial charge on any atom is 0.303 e. The Labute approximate surface area is 227 Å². The average molecular weight is 547 g/mol. The van der Waals surface area contributed by atoms with Crippen LogP contribution in [0, 0.1) is 5.82 Å². The number of unbranched alkanes of at least 4 members (excludes halogenated alkanes) is 1. The smallest absolute Gasteiger partial charge is 0.303 e. The molecule has 0 aromatic heterocycles. The van der Waals surface area contributed by atoms with Crippen LogP contribution in [0.1, 0.15) is 51.2 Å². The molecule has 0 amide bonds. The van der Waals surface area contributed by atoms with Crippen molar-refractivity contribution in [3.05, 3.63) is 65.5 Å². The zero-order chi connectivity index (χ0) is 28.2. The predicted molar refractivity (Wildman–Crippen MR) is 137 cm³/mol. The van der Waals surface area contributed by atoms with Crippen LogP contribution in [0.3, 0.4) is 0 Å². The molecule has 0 spiro atoms. The van der Waals surface area contributed by atoms with Crippen molar-refractivity contribution in [2.75, 3.05) is 13.2 Å². The van der Waals surface area contributed by atoms with Crippen LogP contribution in [-0.4, -0.2) is 55.7 Å². The highest BCUT2D eigenvalue weighted by Crippen LogP contribution is 2.27. The largest absolute Gasteiger partial charge is 0.489 e. The summed E-state index contributed by atoms with van der Waals surface area (Å²) in [6, 6.07) is 14.1. The molecule has 3 rings (SSSR count). The van der Waals surface area contributed by atoms with E-state index in [9.17, 15) is 18.8 Å². The second kappa shape index (κ2) is 15.2. The molecule has 0 bridgehead atoms. The van der Waals surface area contributed by atoms with Gasteiger partial charge in [-0.25, -0.2) is 4.39 Å². The van der Waals surface area contributed by atoms with E-state index in [4.69, 9.17) is 28.4 Å². The molecule has 1 heterocycles. The summed E-state index contributed by atoms with van der Waals surface area (Å²) in [5.74, 6) is -1.20. The normalized spacial score (nSPS) is 20.6. The molecular formula is C29H35FO9. The number of esters is 3. The van der Waals surface area contributed by atoms with Crippen LogP contribution in [0.15, 0.2) is 48.5 Å². The fraction of sp³-hybridized carbons (Fsp3) is 0.483. The van der Waals surface area contributed by atoms with E-state index in [-0.39, 0.29) is 25.5 Å². The predicted octanol–water partition coefficient (Wildman–Crippen LogP) is 4.29. The van der Waals surface area contributed by atoms with Gasteiger partial charge in [-0.15, -0.1) is 0 Å². The Morgan fingerprint density at radius 1 is 0.923 bits per heavy atom. The Kier molecular flexibility index (Phi) is 11.7. The molecule has 0 N–H and O–H groups in total. The van der Waals surface area contributed by atoms with Gasteiger partial charge in [-0.3, -0.25) is 14.4 Å². The third kappa shape index (κ3) is 10.3. The Bertz CT molecular complexity index is 1090. The standard InChI is InChI=1S/C29H35FO9/c1-19(31)35-18-25-16-27(37-20(2)32)28(38-21(3)33)29(39-25)34-15-7-6-8-22-11-13-24(14-12-22)36-17-23-9-4-5-10-26(23)30/h4-5,9-14,25,27-29H,6-8,15-18H2,1-3H3/t25-,27-,28+,29+/m0/s1. The first-order valence-electron chi connectivity index (χ1n) is 12.9. The van der Waals surface area contributed by atoms with Crippen LogP contribution < -0.4 is 4.74 Å². The summed E-state index contributed by atoms with van der Waals surface area (Å²) in [5, 5.41) is 0. The van der Waals surface area contributed by atoms with Crippen molar-refractivity contribution in [3.63, 3.8) is 0 Å². The number of carbonyl (C=O) groups is 3. The molecule has 10 heteroatoms. The van der Waals surface area contributed by atoms with Gasteiger partial charge in [0.25, 0.3) is 0 Å². The minimum atomic E-state index is -0.988. The van der Waals surface area contributed by atoms with Crippen molar-refractivity contribution in [2.24, 2.45) is 0 Å². The maximum atomic E-state index is 13.7. The molecule has 39 heavy (non-hydrogen) atoms. The monoisotopic (exact) mass is 546 g/mol. The van der Waals surface area contributed by atoms with Gasteiger partial charge in [0, 0.05) is 39.4 Å². The van der Waals surface area contributed by atoms with E-state index in [0.29, 0.717) is 24.3 Å². The number of aryl methyl sites for hydroxylation is 1. The number of ether oxygens (including phenoxy) is 6. The SMILES string of the molecule is CC(=O)OC[C@@H]1C[C@H](OC(C)=O)[C@@H](OC(C)=O)[C@H](OCCCCc2ccc(OCc3ccccc3F)cc2)O1. The van der Waals surface area contributed by atoms with Crippen molar-refractivity contribution in [1.29, 1.82) is 0 Å². The van der Waals surface area contributed by atoms with Crippen molar-refractivity contribution < 1.29 is 47.2 Å². The summed E-state index contributed by atoms with van der Waals surface area (Å²) < 4.78 is 47.0. The fourth-order valence-electron chi connectivity index (χ4n) is 4.15. The third-order valence-electron chi connectivity index (χ3n) is 5.97. The second-order valence-electron chi connectivity index (χ2n) is 9.24. The molecule has 0 saturated carbocycles. The number of benzene rings is 2. The second-order valence-corrected chi connectivity index (χ2v) is 9.24. The van der Waals surface area contributed by atoms with Gasteiger partial charge < -0.3 is 28.4 Å². The van der Waals surface area contributed by atoms with E-state index in [2.05, 4.69) is 0 Å². The first-order valence-corrected chi connectivity index (χ1v) is 12.9. The van der Waals surface area contributed by atoms with E-state index in [1.165, 1.54) is 26.8 Å². The number of rotatable bonds is 13. The molecule has 1 aliphatic heterocycles. The molecule has 4 atom stereocenters. The highest BCUT2D eigenvalue weighted by molar-refractivity contribution is 5.67. The molecule has 2 aromatic carbocycles. The highest BCUT2D eigenvalue weighted by atomic mass is 19.1. The van der Waals surface area contributed by atoms with Gasteiger partial charge in [0.05, 0.1) is 6.10 Å². The van der Waals surface area contributed by atoms with Crippen LogP contribution in [0.25, 0.3) is 0 Å². The molecule has 1 fully saturated rings. The van der Waals surface area contributed by atoms with Crippen LogP contribution in [0.2, 0.25) is 0 Å². The van der Waals surface area contributed by atoms with Crippen LogP contribution in [0.5, 0.6) is 5.75 Å². The van der Waals surface area contributed by atoms with Gasteiger partial charge in [-0.1, -0.05) is 30.3 Å². The number of hydrogen-bond acceptors (Lipinski definition) is 9. The average Bonchev–Trinajstić information content (AvgIpc) is 2.88. The van der Waals surface area contributed by atoms with Crippen molar-refractivity contribution >= 4 is 17.9 Å². The van der Waals surface area contributed by atoms with Crippen LogP contribution in [0.4, 0.5) is 4.39 Å². The molecule has 9 nitrogen and oxygen atoms in total. The lowest BCUT2D eigenvalue weighted by atomic mass is 10.0. The first-order chi connectivity index (χ1) is 18.7. The van der Waals surface area contributed by atoms with Gasteiger partial charge in [-0.2, -0.15) is 0 Å². The highest BCUT2D eigenvalue weighted by Gasteiger charge is 2.44. The molecule has 0 unspecified atom stereocenters. The minimum Gasteiger partial charge on any atom is -0.489 e. The molecule has 1 saturated heterocycles. The van der Waals surface area contributed by atoms with Crippen molar-refractivity contribution in [2.45, 2.75) is 77.7 Å². The first kappa shape index (κ1) is 30.0. The van der Waals surface area contributed by atoms with E-state index in [0.717, 1.165) is 18.4 Å². The summed E-state index contributed by atoms with van der Waals surface area (Å²) in [5.41, 5.74) is 1.60. The van der Waals surface area contributed by atoms with E-state index < -0.39 is 42.5 Å². The summed E-state index contributed by atoms with van der Waals surface area (Å²) in [7, 11) is 0. The van der Waals surface area contributed by atoms with E-state index in [1.807, 2.05) is 24.3 Å². The van der Waals surface area contributed by atoms with Gasteiger partial charge in [0.1, 0.15) is 30.9 Å². The quantitative estimate of drug-likeness (QED) is 0.207. The lowest BCUT2D eigenvalue weighted by Crippen LogP contribution is -2.54. The maximum absolute atomic E-state index is 13.7. The molecule has 1 aliphatic rings. The Balaban J connectivity index is 1.47. The zero-order valence-corrected chi connectivity index (χ0v) is 22.4. The van der Waals surface area contributed by atoms with E-state index in [1.54, 1.807) is 18.2 Å². The molecule has 0 radical (unpaired) electrons. The number of hydrogen-bond donors (Lipinski definition) is 0. The Morgan fingerprint density at radius 2 is 1.64 bits per heavy atom. The topological polar surface area (TPSA) is 107 Å².